The minimum absolute atomic E-state index is 0.459. The Kier molecular flexibility index (Phi) is 5.57. The van der Waals surface area contributed by atoms with Crippen molar-refractivity contribution in [2.75, 3.05) is 14.1 Å². The topological polar surface area (TPSA) is 76.7 Å². The van der Waals surface area contributed by atoms with E-state index in [9.17, 15) is 9.59 Å². The van der Waals surface area contributed by atoms with Gasteiger partial charge in [0.2, 0.25) is 0 Å². The van der Waals surface area contributed by atoms with Crippen LogP contribution in [0, 0.1) is 0 Å². The Bertz CT molecular complexity index is 641. The average Bonchev–Trinajstić information content (AvgIpc) is 2.58. The van der Waals surface area contributed by atoms with Crippen LogP contribution in [0.2, 0.25) is 0 Å². The minimum Gasteiger partial charge on any atom is -0.410 e. The van der Waals surface area contributed by atoms with Crippen LogP contribution in [0.5, 0.6) is 11.5 Å². The maximum Gasteiger partial charge on any atom is 0.412 e. The van der Waals surface area contributed by atoms with E-state index in [2.05, 4.69) is 10.6 Å². The van der Waals surface area contributed by atoms with Crippen LogP contribution >= 0.6 is 0 Å². The van der Waals surface area contributed by atoms with Crippen LogP contribution in [-0.4, -0.2) is 26.3 Å². The first kappa shape index (κ1) is 16.4. The largest absolute Gasteiger partial charge is 0.412 e. The molecule has 2 rings (SSSR count). The van der Waals surface area contributed by atoms with Crippen LogP contribution in [0.3, 0.4) is 0 Å². The summed E-state index contributed by atoms with van der Waals surface area (Å²) >= 11 is 0. The summed E-state index contributed by atoms with van der Waals surface area (Å²) in [7, 11) is 2.99. The molecule has 0 aliphatic rings. The molecule has 0 fully saturated rings. The number of carbonyl (C=O) groups excluding carboxylic acids is 2. The quantitative estimate of drug-likeness (QED) is 0.909. The SMILES string of the molecule is CNC(=O)Oc1ccccc1Cc1ccccc1OC(=O)NC. The molecule has 0 atom stereocenters. The Hall–Kier alpha value is -3.02. The highest BCUT2D eigenvalue weighted by Crippen LogP contribution is 2.26. The molecule has 6 nitrogen and oxygen atoms in total. The molecular formula is C17H18N2O4. The van der Waals surface area contributed by atoms with Crippen molar-refractivity contribution < 1.29 is 19.1 Å². The van der Waals surface area contributed by atoms with Crippen LogP contribution in [0.15, 0.2) is 48.5 Å². The molecule has 6 heteroatoms. The van der Waals surface area contributed by atoms with Gasteiger partial charge in [-0.15, -0.1) is 0 Å². The monoisotopic (exact) mass is 314 g/mol. The molecule has 23 heavy (non-hydrogen) atoms. The van der Waals surface area contributed by atoms with E-state index in [1.54, 1.807) is 24.3 Å². The van der Waals surface area contributed by atoms with Crippen LogP contribution in [0.1, 0.15) is 11.1 Å². The lowest BCUT2D eigenvalue weighted by molar-refractivity contribution is 0.202. The Labute approximate surface area is 134 Å². The highest BCUT2D eigenvalue weighted by molar-refractivity contribution is 5.71. The zero-order valence-corrected chi connectivity index (χ0v) is 13.0. The van der Waals surface area contributed by atoms with E-state index in [0.29, 0.717) is 17.9 Å². The van der Waals surface area contributed by atoms with E-state index in [0.717, 1.165) is 11.1 Å². The second kappa shape index (κ2) is 7.84. The smallest absolute Gasteiger partial charge is 0.410 e. The third-order valence-corrected chi connectivity index (χ3v) is 3.14. The first-order valence-electron chi connectivity index (χ1n) is 7.09. The van der Waals surface area contributed by atoms with Crippen molar-refractivity contribution in [3.8, 4) is 11.5 Å². The molecular weight excluding hydrogens is 296 g/mol. The summed E-state index contributed by atoms with van der Waals surface area (Å²) in [6.45, 7) is 0. The van der Waals surface area contributed by atoms with Gasteiger partial charge in [0.25, 0.3) is 0 Å². The minimum atomic E-state index is -0.535. The number of para-hydroxylation sites is 2. The number of nitrogens with one attached hydrogen (secondary N) is 2. The fourth-order valence-corrected chi connectivity index (χ4v) is 2.01. The zero-order valence-electron chi connectivity index (χ0n) is 13.0. The van der Waals surface area contributed by atoms with Crippen molar-refractivity contribution in [2.24, 2.45) is 0 Å². The molecule has 2 amide bonds. The average molecular weight is 314 g/mol. The Balaban J connectivity index is 2.26. The van der Waals surface area contributed by atoms with Crippen molar-refractivity contribution in [1.82, 2.24) is 10.6 Å². The molecule has 2 aromatic carbocycles. The normalized spacial score (nSPS) is 9.83. The molecule has 0 radical (unpaired) electrons. The molecule has 0 saturated heterocycles. The van der Waals surface area contributed by atoms with Crippen LogP contribution in [0.4, 0.5) is 9.59 Å². The van der Waals surface area contributed by atoms with E-state index < -0.39 is 12.2 Å². The molecule has 0 bridgehead atoms. The summed E-state index contributed by atoms with van der Waals surface area (Å²) in [6, 6.07) is 14.4. The summed E-state index contributed by atoms with van der Waals surface area (Å²) < 4.78 is 10.5. The summed E-state index contributed by atoms with van der Waals surface area (Å²) in [5.74, 6) is 0.920. The number of rotatable bonds is 4. The van der Waals surface area contributed by atoms with Gasteiger partial charge in [0.05, 0.1) is 0 Å². The van der Waals surface area contributed by atoms with Gasteiger partial charge < -0.3 is 20.1 Å². The second-order valence-corrected chi connectivity index (χ2v) is 4.67. The van der Waals surface area contributed by atoms with E-state index >= 15 is 0 Å². The number of ether oxygens (including phenoxy) is 2. The molecule has 0 aliphatic carbocycles. The number of benzene rings is 2. The Morgan fingerprint density at radius 1 is 0.783 bits per heavy atom. The van der Waals surface area contributed by atoms with Crippen molar-refractivity contribution in [3.05, 3.63) is 59.7 Å². The third kappa shape index (κ3) is 4.47. The van der Waals surface area contributed by atoms with Crippen molar-refractivity contribution >= 4 is 12.2 Å². The first-order chi connectivity index (χ1) is 11.1. The van der Waals surface area contributed by atoms with Crippen molar-refractivity contribution in [2.45, 2.75) is 6.42 Å². The van der Waals surface area contributed by atoms with Gasteiger partial charge in [-0.1, -0.05) is 36.4 Å². The predicted octanol–water partition coefficient (Wildman–Crippen LogP) is 2.71. The predicted molar refractivity (Wildman–Crippen MR) is 85.9 cm³/mol. The zero-order chi connectivity index (χ0) is 16.7. The third-order valence-electron chi connectivity index (χ3n) is 3.14. The first-order valence-corrected chi connectivity index (χ1v) is 7.09. The Morgan fingerprint density at radius 3 is 1.57 bits per heavy atom. The van der Waals surface area contributed by atoms with E-state index in [-0.39, 0.29) is 0 Å². The standard InChI is InChI=1S/C17H18N2O4/c1-18-16(20)22-14-9-5-3-7-12(14)11-13-8-4-6-10-15(13)23-17(21)19-2/h3-10H,11H2,1-2H3,(H,18,20)(H,19,21). The molecule has 0 aromatic heterocycles. The maximum atomic E-state index is 11.4. The highest BCUT2D eigenvalue weighted by atomic mass is 16.6. The number of hydrogen-bond donors (Lipinski definition) is 2. The highest BCUT2D eigenvalue weighted by Gasteiger charge is 2.12. The van der Waals surface area contributed by atoms with Gasteiger partial charge in [0, 0.05) is 20.5 Å². The van der Waals surface area contributed by atoms with Gasteiger partial charge in [0.1, 0.15) is 11.5 Å². The molecule has 0 saturated carbocycles. The van der Waals surface area contributed by atoms with Gasteiger partial charge in [0.15, 0.2) is 0 Å². The lowest BCUT2D eigenvalue weighted by Crippen LogP contribution is -2.23. The second-order valence-electron chi connectivity index (χ2n) is 4.67. The summed E-state index contributed by atoms with van der Waals surface area (Å²) in [5, 5.41) is 4.82. The van der Waals surface area contributed by atoms with Crippen LogP contribution in [-0.2, 0) is 6.42 Å². The lowest BCUT2D eigenvalue weighted by Gasteiger charge is -2.12. The van der Waals surface area contributed by atoms with E-state index in [1.807, 2.05) is 24.3 Å². The number of amides is 2. The molecule has 0 spiro atoms. The number of carbonyl (C=O) groups is 2. The van der Waals surface area contributed by atoms with Gasteiger partial charge in [-0.3, -0.25) is 0 Å². The summed E-state index contributed by atoms with van der Waals surface area (Å²) in [5.41, 5.74) is 1.62. The number of hydrogen-bond acceptors (Lipinski definition) is 4. The van der Waals surface area contributed by atoms with E-state index in [4.69, 9.17) is 9.47 Å². The van der Waals surface area contributed by atoms with Gasteiger partial charge >= 0.3 is 12.2 Å². The lowest BCUT2D eigenvalue weighted by atomic mass is 10.0. The van der Waals surface area contributed by atoms with Gasteiger partial charge in [-0.2, -0.15) is 0 Å². The molecule has 120 valence electrons. The van der Waals surface area contributed by atoms with Crippen molar-refractivity contribution in [1.29, 1.82) is 0 Å². The molecule has 2 aromatic rings. The Morgan fingerprint density at radius 2 is 1.17 bits per heavy atom. The molecule has 2 N–H and O–H groups in total. The summed E-state index contributed by atoms with van der Waals surface area (Å²) in [4.78, 5) is 22.9. The van der Waals surface area contributed by atoms with Crippen molar-refractivity contribution in [3.63, 3.8) is 0 Å². The maximum absolute atomic E-state index is 11.4. The van der Waals surface area contributed by atoms with Crippen LogP contribution in [0.25, 0.3) is 0 Å². The van der Waals surface area contributed by atoms with Gasteiger partial charge in [-0.05, 0) is 23.3 Å². The fraction of sp³-hybridized carbons (Fsp3) is 0.176. The van der Waals surface area contributed by atoms with E-state index in [1.165, 1.54) is 14.1 Å². The fourth-order valence-electron chi connectivity index (χ4n) is 2.01. The molecule has 0 aliphatic heterocycles. The molecule has 0 heterocycles. The summed E-state index contributed by atoms with van der Waals surface area (Å²) in [6.07, 6.45) is -0.611. The molecule has 0 unspecified atom stereocenters. The van der Waals surface area contributed by atoms with Crippen LogP contribution < -0.4 is 20.1 Å². The van der Waals surface area contributed by atoms with Gasteiger partial charge in [-0.25, -0.2) is 9.59 Å².